The smallest absolute Gasteiger partial charge is 0.168 e. The van der Waals surface area contributed by atoms with Crippen LogP contribution in [0.3, 0.4) is 0 Å². The summed E-state index contributed by atoms with van der Waals surface area (Å²) < 4.78 is 10.4. The van der Waals surface area contributed by atoms with Gasteiger partial charge in [0.15, 0.2) is 5.78 Å². The number of carbonyl (C=O) groups is 1. The van der Waals surface area contributed by atoms with Crippen molar-refractivity contribution < 1.29 is 14.3 Å². The van der Waals surface area contributed by atoms with Crippen molar-refractivity contribution in [2.45, 2.75) is 12.8 Å². The number of ether oxygens (including phenoxy) is 2. The maximum Gasteiger partial charge on any atom is 0.168 e. The third kappa shape index (κ3) is 2.58. The van der Waals surface area contributed by atoms with Gasteiger partial charge in [-0.15, -0.1) is 0 Å². The van der Waals surface area contributed by atoms with Crippen LogP contribution in [0, 0.1) is 5.92 Å². The van der Waals surface area contributed by atoms with Crippen LogP contribution in [0.5, 0.6) is 5.75 Å². The lowest BCUT2D eigenvalue weighted by Crippen LogP contribution is -2.24. The first kappa shape index (κ1) is 11.9. The number of nitrogen functional groups attached to an aromatic ring is 1. The Morgan fingerprint density at radius 3 is 2.76 bits per heavy atom. The highest BCUT2D eigenvalue weighted by Crippen LogP contribution is 2.26. The second kappa shape index (κ2) is 5.19. The summed E-state index contributed by atoms with van der Waals surface area (Å²) >= 11 is 0. The van der Waals surface area contributed by atoms with Crippen molar-refractivity contribution in [3.05, 3.63) is 23.8 Å². The number of hydrogen-bond donors (Lipinski definition) is 1. The lowest BCUT2D eigenvalue weighted by molar-refractivity contribution is 0.0545. The third-order valence-corrected chi connectivity index (χ3v) is 3.12. The van der Waals surface area contributed by atoms with Gasteiger partial charge in [-0.2, -0.15) is 0 Å². The van der Waals surface area contributed by atoms with E-state index in [9.17, 15) is 4.79 Å². The quantitative estimate of drug-likeness (QED) is 0.642. The molecule has 2 N–H and O–H groups in total. The molecular formula is C13H17NO3. The molecule has 1 aromatic carbocycles. The third-order valence-electron chi connectivity index (χ3n) is 3.12. The van der Waals surface area contributed by atoms with Crippen molar-refractivity contribution in [2.75, 3.05) is 26.1 Å². The Labute approximate surface area is 101 Å². The number of nitrogens with two attached hydrogens (primary N) is 1. The van der Waals surface area contributed by atoms with Crippen LogP contribution in [0.15, 0.2) is 18.2 Å². The van der Waals surface area contributed by atoms with E-state index in [2.05, 4.69) is 0 Å². The van der Waals surface area contributed by atoms with Gasteiger partial charge < -0.3 is 15.2 Å². The summed E-state index contributed by atoms with van der Waals surface area (Å²) in [6.07, 6.45) is 1.55. The summed E-state index contributed by atoms with van der Waals surface area (Å²) in [5.41, 5.74) is 6.93. The van der Waals surface area contributed by atoms with Crippen molar-refractivity contribution in [3.63, 3.8) is 0 Å². The summed E-state index contributed by atoms with van der Waals surface area (Å²) in [5.74, 6) is 0.789. The molecule has 4 heteroatoms. The number of carbonyl (C=O) groups excluding carboxylic acids is 1. The minimum Gasteiger partial charge on any atom is -0.497 e. The van der Waals surface area contributed by atoms with E-state index < -0.39 is 0 Å². The Bertz CT molecular complexity index is 411. The first-order chi connectivity index (χ1) is 8.22. The van der Waals surface area contributed by atoms with Crippen molar-refractivity contribution >= 4 is 11.5 Å². The predicted molar refractivity (Wildman–Crippen MR) is 65.3 cm³/mol. The Balaban J connectivity index is 2.22. The number of Topliss-reactive ketones (excluding diaryl/α,β-unsaturated/α-hetero) is 1. The minimum atomic E-state index is 0.0261. The standard InChI is InChI=1S/C13H17NO3/c1-16-10-2-3-12(14)11(8-10)13(15)9-4-6-17-7-5-9/h2-3,8-9H,4-7,14H2,1H3. The van der Waals surface area contributed by atoms with Crippen molar-refractivity contribution in [3.8, 4) is 5.75 Å². The molecule has 0 saturated carbocycles. The molecule has 2 rings (SSSR count). The van der Waals surface area contributed by atoms with Crippen LogP contribution >= 0.6 is 0 Å². The molecule has 0 radical (unpaired) electrons. The van der Waals surface area contributed by atoms with Crippen LogP contribution in [0.25, 0.3) is 0 Å². The SMILES string of the molecule is COc1ccc(N)c(C(=O)C2CCOCC2)c1. The Morgan fingerprint density at radius 1 is 1.41 bits per heavy atom. The predicted octanol–water partition coefficient (Wildman–Crippen LogP) is 1.89. The summed E-state index contributed by atoms with van der Waals surface area (Å²) in [5, 5.41) is 0. The number of benzene rings is 1. The van der Waals surface area contributed by atoms with Gasteiger partial charge in [-0.25, -0.2) is 0 Å². The summed E-state index contributed by atoms with van der Waals surface area (Å²) in [4.78, 5) is 12.3. The van der Waals surface area contributed by atoms with Crippen LogP contribution in [-0.2, 0) is 4.74 Å². The largest absolute Gasteiger partial charge is 0.497 e. The van der Waals surface area contributed by atoms with Crippen LogP contribution < -0.4 is 10.5 Å². The zero-order chi connectivity index (χ0) is 12.3. The van der Waals surface area contributed by atoms with E-state index in [1.807, 2.05) is 0 Å². The second-order valence-corrected chi connectivity index (χ2v) is 4.20. The van der Waals surface area contributed by atoms with E-state index in [1.165, 1.54) is 0 Å². The van der Waals surface area contributed by atoms with Gasteiger partial charge in [0, 0.05) is 30.4 Å². The maximum atomic E-state index is 12.3. The lowest BCUT2D eigenvalue weighted by Gasteiger charge is -2.21. The fourth-order valence-electron chi connectivity index (χ4n) is 2.06. The zero-order valence-corrected chi connectivity index (χ0v) is 9.94. The fourth-order valence-corrected chi connectivity index (χ4v) is 2.06. The highest BCUT2D eigenvalue weighted by Gasteiger charge is 2.24. The molecule has 0 unspecified atom stereocenters. The van der Waals surface area contributed by atoms with Gasteiger partial charge in [-0.1, -0.05) is 0 Å². The molecule has 0 spiro atoms. The monoisotopic (exact) mass is 235 g/mol. The molecule has 0 bridgehead atoms. The average Bonchev–Trinajstić information content (AvgIpc) is 2.39. The molecule has 0 aliphatic carbocycles. The average molecular weight is 235 g/mol. The molecule has 1 aliphatic heterocycles. The summed E-state index contributed by atoms with van der Waals surface area (Å²) in [7, 11) is 1.58. The van der Waals surface area contributed by atoms with E-state index in [1.54, 1.807) is 25.3 Å². The van der Waals surface area contributed by atoms with Gasteiger partial charge in [-0.3, -0.25) is 4.79 Å². The van der Waals surface area contributed by atoms with Crippen molar-refractivity contribution in [1.29, 1.82) is 0 Å². The van der Waals surface area contributed by atoms with E-state index in [-0.39, 0.29) is 11.7 Å². The van der Waals surface area contributed by atoms with E-state index in [0.717, 1.165) is 12.8 Å². The molecule has 1 heterocycles. The molecule has 0 amide bonds. The molecule has 92 valence electrons. The number of ketones is 1. The Morgan fingerprint density at radius 2 is 2.12 bits per heavy atom. The molecule has 1 aliphatic rings. The first-order valence-electron chi connectivity index (χ1n) is 5.78. The van der Waals surface area contributed by atoms with Gasteiger partial charge in [-0.05, 0) is 31.0 Å². The fraction of sp³-hybridized carbons (Fsp3) is 0.462. The summed E-state index contributed by atoms with van der Waals surface area (Å²) in [6.45, 7) is 1.31. The van der Waals surface area contributed by atoms with Crippen molar-refractivity contribution in [2.24, 2.45) is 5.92 Å². The highest BCUT2D eigenvalue weighted by molar-refractivity contribution is 6.02. The number of methoxy groups -OCH3 is 1. The molecule has 17 heavy (non-hydrogen) atoms. The molecule has 4 nitrogen and oxygen atoms in total. The van der Waals surface area contributed by atoms with Crippen LogP contribution in [-0.4, -0.2) is 26.1 Å². The van der Waals surface area contributed by atoms with Crippen molar-refractivity contribution in [1.82, 2.24) is 0 Å². The molecule has 0 aromatic heterocycles. The normalized spacial score (nSPS) is 16.8. The van der Waals surface area contributed by atoms with Gasteiger partial charge >= 0.3 is 0 Å². The first-order valence-corrected chi connectivity index (χ1v) is 5.78. The van der Waals surface area contributed by atoms with E-state index >= 15 is 0 Å². The number of rotatable bonds is 3. The summed E-state index contributed by atoms with van der Waals surface area (Å²) in [6, 6.07) is 5.19. The second-order valence-electron chi connectivity index (χ2n) is 4.20. The minimum absolute atomic E-state index is 0.0261. The molecule has 1 fully saturated rings. The lowest BCUT2D eigenvalue weighted by atomic mass is 9.90. The topological polar surface area (TPSA) is 61.5 Å². The number of anilines is 1. The molecule has 1 aromatic rings. The van der Waals surface area contributed by atoms with Gasteiger partial charge in [0.25, 0.3) is 0 Å². The Kier molecular flexibility index (Phi) is 3.64. The maximum absolute atomic E-state index is 12.3. The van der Waals surface area contributed by atoms with E-state index in [0.29, 0.717) is 30.2 Å². The van der Waals surface area contributed by atoms with Gasteiger partial charge in [0.1, 0.15) is 5.75 Å². The van der Waals surface area contributed by atoms with Gasteiger partial charge in [0.2, 0.25) is 0 Å². The molecule has 1 saturated heterocycles. The number of hydrogen-bond acceptors (Lipinski definition) is 4. The Hall–Kier alpha value is -1.55. The molecular weight excluding hydrogens is 218 g/mol. The van der Waals surface area contributed by atoms with E-state index in [4.69, 9.17) is 15.2 Å². The van der Waals surface area contributed by atoms with Crippen LogP contribution in [0.4, 0.5) is 5.69 Å². The van der Waals surface area contributed by atoms with Crippen LogP contribution in [0.2, 0.25) is 0 Å². The highest BCUT2D eigenvalue weighted by atomic mass is 16.5. The zero-order valence-electron chi connectivity index (χ0n) is 9.94. The van der Waals surface area contributed by atoms with Crippen LogP contribution in [0.1, 0.15) is 23.2 Å². The molecule has 0 atom stereocenters. The van der Waals surface area contributed by atoms with Gasteiger partial charge in [0.05, 0.1) is 7.11 Å².